The summed E-state index contributed by atoms with van der Waals surface area (Å²) in [6, 6.07) is -0.902. The fourth-order valence-electron chi connectivity index (χ4n) is 3.62. The van der Waals surface area contributed by atoms with E-state index in [0.717, 1.165) is 0 Å². The van der Waals surface area contributed by atoms with Gasteiger partial charge in [0.25, 0.3) is 0 Å². The maximum absolute atomic E-state index is 14.8. The molecule has 3 heterocycles. The zero-order chi connectivity index (χ0) is 23.6. The molecule has 1 amide bonds. The second kappa shape index (κ2) is 9.43. The van der Waals surface area contributed by atoms with Gasteiger partial charge in [0, 0.05) is 13.1 Å². The zero-order valence-electron chi connectivity index (χ0n) is 19.6. The molecule has 0 saturated carbocycles. The number of hydrogen-bond acceptors (Lipinski definition) is 8. The maximum Gasteiger partial charge on any atom is 0.410 e. The van der Waals surface area contributed by atoms with Gasteiger partial charge >= 0.3 is 6.09 Å². The monoisotopic (exact) mass is 451 g/mol. The Labute approximate surface area is 187 Å². The molecule has 0 radical (unpaired) electrons. The zero-order valence-corrected chi connectivity index (χ0v) is 19.6. The fraction of sp³-hybridized carbons (Fsp3) is 0.714. The lowest BCUT2D eigenvalue weighted by molar-refractivity contribution is 0.0283. The predicted octanol–water partition coefficient (Wildman–Crippen LogP) is 2.79. The molecule has 1 aliphatic rings. The van der Waals surface area contributed by atoms with Crippen molar-refractivity contribution in [3.8, 4) is 0 Å². The summed E-state index contributed by atoms with van der Waals surface area (Å²) < 4.78 is 22.1. The average molecular weight is 452 g/mol. The fourth-order valence-corrected chi connectivity index (χ4v) is 3.62. The van der Waals surface area contributed by atoms with Crippen LogP contribution in [-0.4, -0.2) is 78.7 Å². The van der Waals surface area contributed by atoms with Gasteiger partial charge in [0.1, 0.15) is 11.8 Å². The molecule has 1 saturated heterocycles. The Hall–Kier alpha value is -2.69. The van der Waals surface area contributed by atoms with Crippen molar-refractivity contribution >= 4 is 29.0 Å². The Morgan fingerprint density at radius 1 is 1.34 bits per heavy atom. The Morgan fingerprint density at radius 2 is 2.06 bits per heavy atom. The summed E-state index contributed by atoms with van der Waals surface area (Å²) in [6.45, 7) is 11.7. The van der Waals surface area contributed by atoms with E-state index in [-0.39, 0.29) is 19.1 Å². The van der Waals surface area contributed by atoms with Crippen LogP contribution < -0.4 is 10.6 Å². The number of aryl methyl sites for hydroxylation is 1. The quantitative estimate of drug-likeness (QED) is 0.588. The number of aliphatic hydroxyl groups excluding tert-OH is 1. The number of carbonyl (C=O) groups excluding carboxylic acids is 1. The molecule has 11 heteroatoms. The molecule has 178 valence electrons. The molecule has 1 aliphatic heterocycles. The number of likely N-dealkylation sites (tertiary alicyclic amines) is 1. The summed E-state index contributed by atoms with van der Waals surface area (Å²) in [5.41, 5.74) is 0.469. The maximum atomic E-state index is 14.8. The first-order chi connectivity index (χ1) is 15.0. The Morgan fingerprint density at radius 3 is 2.66 bits per heavy atom. The Balaban J connectivity index is 1.86. The van der Waals surface area contributed by atoms with E-state index in [9.17, 15) is 14.3 Å². The molecular weight excluding hydrogens is 417 g/mol. The number of hydrogen-bond donors (Lipinski definition) is 3. The van der Waals surface area contributed by atoms with Crippen molar-refractivity contribution in [2.75, 3.05) is 23.7 Å². The lowest BCUT2D eigenvalue weighted by atomic mass is 10.1. The molecule has 2 aromatic heterocycles. The number of carbonyl (C=O) groups is 1. The third-order valence-electron chi connectivity index (χ3n) is 5.36. The van der Waals surface area contributed by atoms with Gasteiger partial charge in [-0.25, -0.2) is 14.2 Å². The van der Waals surface area contributed by atoms with Gasteiger partial charge in [-0.05, 0) is 41.0 Å². The number of aliphatic hydroxyl groups is 1. The van der Waals surface area contributed by atoms with Gasteiger partial charge in [0.2, 0.25) is 5.95 Å². The van der Waals surface area contributed by atoms with Crippen LogP contribution in [0.2, 0.25) is 0 Å². The molecule has 10 nitrogen and oxygen atoms in total. The van der Waals surface area contributed by atoms with Gasteiger partial charge < -0.3 is 29.9 Å². The van der Waals surface area contributed by atoms with Crippen molar-refractivity contribution in [1.82, 2.24) is 24.4 Å². The third-order valence-corrected chi connectivity index (χ3v) is 5.36. The van der Waals surface area contributed by atoms with E-state index in [1.807, 2.05) is 18.4 Å². The first-order valence-electron chi connectivity index (χ1n) is 11.1. The normalized spacial score (nSPS) is 20.9. The van der Waals surface area contributed by atoms with Crippen molar-refractivity contribution in [3.63, 3.8) is 0 Å². The lowest BCUT2D eigenvalue weighted by Gasteiger charge is -2.24. The lowest BCUT2D eigenvalue weighted by Crippen LogP contribution is -2.36. The number of amides is 1. The van der Waals surface area contributed by atoms with E-state index < -0.39 is 30.0 Å². The first-order valence-corrected chi connectivity index (χ1v) is 11.1. The summed E-state index contributed by atoms with van der Waals surface area (Å²) in [4.78, 5) is 27.2. The van der Waals surface area contributed by atoms with Crippen LogP contribution in [0, 0.1) is 0 Å². The number of imidazole rings is 1. The molecule has 1 fully saturated rings. The highest BCUT2D eigenvalue weighted by Gasteiger charge is 2.38. The summed E-state index contributed by atoms with van der Waals surface area (Å²) in [6.07, 6.45) is -0.0982. The van der Waals surface area contributed by atoms with Crippen LogP contribution >= 0.6 is 0 Å². The molecule has 0 bridgehead atoms. The minimum Gasteiger partial charge on any atom is -0.444 e. The van der Waals surface area contributed by atoms with Gasteiger partial charge in [-0.15, -0.1) is 0 Å². The number of rotatable bonds is 7. The smallest absolute Gasteiger partial charge is 0.410 e. The molecular formula is C21H34FN7O3. The summed E-state index contributed by atoms with van der Waals surface area (Å²) in [7, 11) is 0. The number of nitrogens with one attached hydrogen (secondary N) is 2. The average Bonchev–Trinajstić information content (AvgIpc) is 3.28. The number of ether oxygens (including phenoxy) is 1. The topological polar surface area (TPSA) is 117 Å². The van der Waals surface area contributed by atoms with Crippen molar-refractivity contribution in [3.05, 3.63) is 6.33 Å². The van der Waals surface area contributed by atoms with Crippen molar-refractivity contribution in [2.45, 2.75) is 84.5 Å². The second-order valence-corrected chi connectivity index (χ2v) is 9.15. The van der Waals surface area contributed by atoms with Gasteiger partial charge in [-0.1, -0.05) is 6.92 Å². The number of nitrogens with zero attached hydrogens (tertiary/aromatic N) is 5. The van der Waals surface area contributed by atoms with E-state index in [1.165, 1.54) is 4.90 Å². The molecule has 2 unspecified atom stereocenters. The van der Waals surface area contributed by atoms with Crippen LogP contribution in [0.1, 0.15) is 48.0 Å². The summed E-state index contributed by atoms with van der Waals surface area (Å²) in [5.74, 6) is 0.698. The van der Waals surface area contributed by atoms with Crippen molar-refractivity contribution in [1.29, 1.82) is 0 Å². The number of anilines is 2. The van der Waals surface area contributed by atoms with Gasteiger partial charge in [0.15, 0.2) is 17.0 Å². The molecule has 0 spiro atoms. The van der Waals surface area contributed by atoms with E-state index in [4.69, 9.17) is 4.74 Å². The van der Waals surface area contributed by atoms with Gasteiger partial charge in [-0.2, -0.15) is 9.97 Å². The number of aromatic nitrogens is 4. The number of fused-ring (bicyclic) bond motifs is 1. The minimum absolute atomic E-state index is 0.0603. The first kappa shape index (κ1) is 24.0. The van der Waals surface area contributed by atoms with E-state index in [1.54, 1.807) is 34.0 Å². The molecule has 32 heavy (non-hydrogen) atoms. The predicted molar refractivity (Wildman–Crippen MR) is 120 cm³/mol. The van der Waals surface area contributed by atoms with Crippen LogP contribution in [0.4, 0.5) is 21.0 Å². The SMILES string of the molecule is CC[C@H](Nc1nc(NC2CN(C(=O)OC(C)(C)C)CC2F)c2ncn(CC)c2n1)[C@@H](C)O. The summed E-state index contributed by atoms with van der Waals surface area (Å²) >= 11 is 0. The minimum atomic E-state index is -1.29. The highest BCUT2D eigenvalue weighted by atomic mass is 19.1. The number of alkyl halides is 1. The molecule has 0 aliphatic carbocycles. The standard InChI is InChI=1S/C21H34FN7O3/c1-7-14(12(3)30)25-19-26-17(16-18(27-19)28(8-2)11-23-16)24-15-10-29(9-13(15)22)20(31)32-21(4,5)6/h11-15,30H,7-10H2,1-6H3,(H2,24,25,26,27)/t12-,13?,14+,15?/m1/s1. The third kappa shape index (κ3) is 5.37. The molecule has 4 atom stereocenters. The number of halogens is 1. The van der Waals surface area contributed by atoms with Crippen LogP contribution in [-0.2, 0) is 11.3 Å². The highest BCUT2D eigenvalue weighted by Crippen LogP contribution is 2.26. The Kier molecular flexibility index (Phi) is 7.06. The van der Waals surface area contributed by atoms with Crippen molar-refractivity contribution in [2.24, 2.45) is 0 Å². The molecule has 3 N–H and O–H groups in total. The molecule has 3 rings (SSSR count). The van der Waals surface area contributed by atoms with Crippen LogP contribution in [0.5, 0.6) is 0 Å². The van der Waals surface area contributed by atoms with Gasteiger partial charge in [-0.3, -0.25) is 0 Å². The summed E-state index contributed by atoms with van der Waals surface area (Å²) in [5, 5.41) is 16.3. The van der Waals surface area contributed by atoms with E-state index >= 15 is 0 Å². The highest BCUT2D eigenvalue weighted by molar-refractivity contribution is 5.84. The molecule has 0 aromatic carbocycles. The van der Waals surface area contributed by atoms with Crippen LogP contribution in [0.15, 0.2) is 6.33 Å². The van der Waals surface area contributed by atoms with Crippen LogP contribution in [0.25, 0.3) is 11.2 Å². The molecule has 2 aromatic rings. The van der Waals surface area contributed by atoms with Gasteiger partial charge in [0.05, 0.1) is 31.1 Å². The van der Waals surface area contributed by atoms with Crippen LogP contribution in [0.3, 0.4) is 0 Å². The van der Waals surface area contributed by atoms with E-state index in [2.05, 4.69) is 25.6 Å². The second-order valence-electron chi connectivity index (χ2n) is 9.15. The van der Waals surface area contributed by atoms with E-state index in [0.29, 0.717) is 35.9 Å². The largest absolute Gasteiger partial charge is 0.444 e. The Bertz CT molecular complexity index is 943. The van der Waals surface area contributed by atoms with Crippen molar-refractivity contribution < 1.29 is 19.0 Å².